The first kappa shape index (κ1) is 16.5. The van der Waals surface area contributed by atoms with Gasteiger partial charge in [-0.05, 0) is 24.1 Å². The molecule has 0 aliphatic heterocycles. The molecule has 110 valence electrons. The first-order valence-electron chi connectivity index (χ1n) is 6.79. The average molecular weight is 297 g/mol. The Labute approximate surface area is 125 Å². The molecule has 1 N–H and O–H groups in total. The van der Waals surface area contributed by atoms with E-state index in [1.807, 2.05) is 24.3 Å². The van der Waals surface area contributed by atoms with Crippen LogP contribution in [0.15, 0.2) is 24.3 Å². The Kier molecular flexibility index (Phi) is 7.09. The van der Waals surface area contributed by atoms with E-state index in [4.69, 9.17) is 11.6 Å². The Morgan fingerprint density at radius 3 is 2.40 bits per heavy atom. The third-order valence-electron chi connectivity index (χ3n) is 3.05. The van der Waals surface area contributed by atoms with Crippen LogP contribution in [0.2, 0.25) is 5.02 Å². The van der Waals surface area contributed by atoms with Crippen LogP contribution >= 0.6 is 11.6 Å². The maximum atomic E-state index is 11.6. The summed E-state index contributed by atoms with van der Waals surface area (Å²) < 4.78 is 0. The molecule has 0 atom stereocenters. The van der Waals surface area contributed by atoms with Crippen molar-refractivity contribution in [3.05, 3.63) is 34.9 Å². The number of hydrogen-bond donors (Lipinski definition) is 1. The Bertz CT molecular complexity index is 446. The molecule has 0 bridgehead atoms. The van der Waals surface area contributed by atoms with Gasteiger partial charge >= 0.3 is 0 Å². The van der Waals surface area contributed by atoms with Gasteiger partial charge in [0.25, 0.3) is 0 Å². The Morgan fingerprint density at radius 1 is 1.20 bits per heavy atom. The van der Waals surface area contributed by atoms with Crippen LogP contribution in [-0.4, -0.2) is 36.3 Å². The van der Waals surface area contributed by atoms with E-state index in [2.05, 4.69) is 5.32 Å². The highest BCUT2D eigenvalue weighted by Crippen LogP contribution is 2.10. The highest BCUT2D eigenvalue weighted by atomic mass is 35.5. The van der Waals surface area contributed by atoms with Crippen molar-refractivity contribution in [1.82, 2.24) is 10.2 Å². The quantitative estimate of drug-likeness (QED) is 0.839. The zero-order valence-electron chi connectivity index (χ0n) is 12.0. The van der Waals surface area contributed by atoms with E-state index in [1.54, 1.807) is 18.7 Å². The number of halogens is 1. The second-order valence-electron chi connectivity index (χ2n) is 4.59. The van der Waals surface area contributed by atoms with E-state index in [0.29, 0.717) is 31.1 Å². The summed E-state index contributed by atoms with van der Waals surface area (Å²) >= 11 is 5.83. The van der Waals surface area contributed by atoms with Gasteiger partial charge in [0.1, 0.15) is 0 Å². The third kappa shape index (κ3) is 6.06. The van der Waals surface area contributed by atoms with Crippen LogP contribution in [0.3, 0.4) is 0 Å². The van der Waals surface area contributed by atoms with Crippen LogP contribution in [0.5, 0.6) is 0 Å². The van der Waals surface area contributed by atoms with Crippen molar-refractivity contribution in [3.8, 4) is 0 Å². The molecular weight excluding hydrogens is 276 g/mol. The number of carbonyl (C=O) groups excluding carboxylic acids is 2. The highest BCUT2D eigenvalue weighted by Gasteiger charge is 2.09. The zero-order valence-corrected chi connectivity index (χ0v) is 12.7. The molecular formula is C15H21ClN2O2. The van der Waals surface area contributed by atoms with Gasteiger partial charge in [-0.15, -0.1) is 0 Å². The molecule has 1 rings (SSSR count). The molecule has 20 heavy (non-hydrogen) atoms. The lowest BCUT2D eigenvalue weighted by Crippen LogP contribution is -2.38. The van der Waals surface area contributed by atoms with Crippen molar-refractivity contribution in [2.45, 2.75) is 26.7 Å². The van der Waals surface area contributed by atoms with Gasteiger partial charge in [-0.2, -0.15) is 0 Å². The Hall–Kier alpha value is -1.55. The number of nitrogens with one attached hydrogen (secondary N) is 1. The van der Waals surface area contributed by atoms with Crippen LogP contribution in [0.4, 0.5) is 0 Å². The van der Waals surface area contributed by atoms with E-state index < -0.39 is 0 Å². The van der Waals surface area contributed by atoms with Crippen LogP contribution in [0.25, 0.3) is 0 Å². The largest absolute Gasteiger partial charge is 0.354 e. The number of carbonyl (C=O) groups is 2. The highest BCUT2D eigenvalue weighted by molar-refractivity contribution is 6.30. The van der Waals surface area contributed by atoms with Crippen LogP contribution in [-0.2, 0) is 16.0 Å². The first-order chi connectivity index (χ1) is 9.52. The van der Waals surface area contributed by atoms with Crippen molar-refractivity contribution in [3.63, 3.8) is 0 Å². The number of rotatable bonds is 7. The third-order valence-corrected chi connectivity index (χ3v) is 3.31. The molecule has 1 aromatic carbocycles. The smallest absolute Gasteiger partial charge is 0.219 e. The summed E-state index contributed by atoms with van der Waals surface area (Å²) in [5, 5.41) is 3.48. The van der Waals surface area contributed by atoms with Gasteiger partial charge in [0.05, 0.1) is 0 Å². The molecule has 0 fully saturated rings. The fourth-order valence-corrected chi connectivity index (χ4v) is 1.92. The Morgan fingerprint density at radius 2 is 1.85 bits per heavy atom. The average Bonchev–Trinajstić information content (AvgIpc) is 2.43. The summed E-state index contributed by atoms with van der Waals surface area (Å²) in [7, 11) is 0. The summed E-state index contributed by atoms with van der Waals surface area (Å²) in [6.45, 7) is 5.02. The normalized spacial score (nSPS) is 10.2. The van der Waals surface area contributed by atoms with Gasteiger partial charge in [0.2, 0.25) is 11.8 Å². The maximum absolute atomic E-state index is 11.6. The van der Waals surface area contributed by atoms with Crippen molar-refractivity contribution in [2.24, 2.45) is 0 Å². The summed E-state index contributed by atoms with van der Waals surface area (Å²) in [5.74, 6) is 0.0240. The first-order valence-corrected chi connectivity index (χ1v) is 7.17. The Balaban J connectivity index is 2.41. The maximum Gasteiger partial charge on any atom is 0.219 e. The van der Waals surface area contributed by atoms with E-state index in [1.165, 1.54) is 0 Å². The van der Waals surface area contributed by atoms with Crippen molar-refractivity contribution >= 4 is 23.4 Å². The van der Waals surface area contributed by atoms with Gasteiger partial charge in [-0.1, -0.05) is 30.7 Å². The minimum Gasteiger partial charge on any atom is -0.354 e. The van der Waals surface area contributed by atoms with E-state index in [9.17, 15) is 9.59 Å². The molecule has 0 aliphatic rings. The molecule has 2 amide bonds. The second kappa shape index (κ2) is 8.59. The SMILES string of the molecule is CCC(=O)NCCN(CCc1ccc(Cl)cc1)C(C)=O. The number of hydrogen-bond acceptors (Lipinski definition) is 2. The van der Waals surface area contributed by atoms with Gasteiger partial charge in [0.15, 0.2) is 0 Å². The van der Waals surface area contributed by atoms with Crippen LogP contribution in [0, 0.1) is 0 Å². The summed E-state index contributed by atoms with van der Waals surface area (Å²) in [4.78, 5) is 24.4. The van der Waals surface area contributed by atoms with Crippen LogP contribution < -0.4 is 5.32 Å². The molecule has 0 heterocycles. The van der Waals surface area contributed by atoms with Gasteiger partial charge in [0, 0.05) is 38.0 Å². The molecule has 0 aromatic heterocycles. The number of amides is 2. The predicted octanol–water partition coefficient (Wildman–Crippen LogP) is 2.26. The predicted molar refractivity (Wildman–Crippen MR) is 80.7 cm³/mol. The molecule has 0 unspecified atom stereocenters. The number of benzene rings is 1. The van der Waals surface area contributed by atoms with Crippen molar-refractivity contribution in [2.75, 3.05) is 19.6 Å². The lowest BCUT2D eigenvalue weighted by molar-refractivity contribution is -0.129. The van der Waals surface area contributed by atoms with Crippen molar-refractivity contribution in [1.29, 1.82) is 0 Å². The summed E-state index contributed by atoms with van der Waals surface area (Å²) in [5.41, 5.74) is 1.14. The standard InChI is InChI=1S/C15H21ClN2O2/c1-3-15(20)17-9-11-18(12(2)19)10-8-13-4-6-14(16)7-5-13/h4-7H,3,8-11H2,1-2H3,(H,17,20). The van der Waals surface area contributed by atoms with Gasteiger partial charge in [-0.25, -0.2) is 0 Å². The molecule has 5 heteroatoms. The number of nitrogens with zero attached hydrogens (tertiary/aromatic N) is 1. The second-order valence-corrected chi connectivity index (χ2v) is 5.02. The van der Waals surface area contributed by atoms with E-state index >= 15 is 0 Å². The fraction of sp³-hybridized carbons (Fsp3) is 0.467. The summed E-state index contributed by atoms with van der Waals surface area (Å²) in [6, 6.07) is 7.60. The minimum atomic E-state index is 0.00574. The van der Waals surface area contributed by atoms with E-state index in [0.717, 1.165) is 12.0 Å². The lowest BCUT2D eigenvalue weighted by Gasteiger charge is -2.21. The molecule has 1 aromatic rings. The van der Waals surface area contributed by atoms with E-state index in [-0.39, 0.29) is 11.8 Å². The van der Waals surface area contributed by atoms with Gasteiger partial charge < -0.3 is 10.2 Å². The molecule has 4 nitrogen and oxygen atoms in total. The minimum absolute atomic E-state index is 0.00574. The molecule has 0 aliphatic carbocycles. The van der Waals surface area contributed by atoms with Gasteiger partial charge in [-0.3, -0.25) is 9.59 Å². The molecule has 0 spiro atoms. The lowest BCUT2D eigenvalue weighted by atomic mass is 10.1. The monoisotopic (exact) mass is 296 g/mol. The van der Waals surface area contributed by atoms with Crippen molar-refractivity contribution < 1.29 is 9.59 Å². The molecule has 0 radical (unpaired) electrons. The van der Waals surface area contributed by atoms with Crippen LogP contribution in [0.1, 0.15) is 25.8 Å². The topological polar surface area (TPSA) is 49.4 Å². The summed E-state index contributed by atoms with van der Waals surface area (Å²) in [6.07, 6.45) is 1.24. The fourth-order valence-electron chi connectivity index (χ4n) is 1.80. The zero-order chi connectivity index (χ0) is 15.0. The molecule has 0 saturated carbocycles. The molecule has 0 saturated heterocycles.